The number of carbonyl (C=O) groups is 1. The van der Waals surface area contributed by atoms with Crippen molar-refractivity contribution in [2.24, 2.45) is 5.92 Å². The highest BCUT2D eigenvalue weighted by Crippen LogP contribution is 2.51. The maximum atomic E-state index is 12.5. The van der Waals surface area contributed by atoms with E-state index in [4.69, 9.17) is 10.00 Å². The highest BCUT2D eigenvalue weighted by atomic mass is 19.4. The first-order valence-corrected chi connectivity index (χ1v) is 6.82. The van der Waals surface area contributed by atoms with Gasteiger partial charge in [0.1, 0.15) is 0 Å². The van der Waals surface area contributed by atoms with E-state index in [1.807, 2.05) is 6.07 Å². The predicted octanol–water partition coefficient (Wildman–Crippen LogP) is 3.82. The van der Waals surface area contributed by atoms with Gasteiger partial charge in [0, 0.05) is 17.6 Å². The highest BCUT2D eigenvalue weighted by molar-refractivity contribution is 5.84. The molecule has 22 heavy (non-hydrogen) atoms. The Kier molecular flexibility index (Phi) is 4.55. The number of ether oxygens (including phenoxy) is 1. The molecule has 3 nitrogen and oxygen atoms in total. The third-order valence-electron chi connectivity index (χ3n) is 3.55. The van der Waals surface area contributed by atoms with Crippen LogP contribution in [0.15, 0.2) is 35.9 Å². The van der Waals surface area contributed by atoms with Crippen LogP contribution in [0.4, 0.5) is 13.2 Å². The van der Waals surface area contributed by atoms with Crippen LogP contribution in [0.25, 0.3) is 0 Å². The summed E-state index contributed by atoms with van der Waals surface area (Å²) in [6, 6.07) is 6.88. The summed E-state index contributed by atoms with van der Waals surface area (Å²) in [6.45, 7) is 1.89. The number of hydrogen-bond donors (Lipinski definition) is 0. The minimum Gasteiger partial charge on any atom is -0.463 e. The molecule has 0 aromatic heterocycles. The summed E-state index contributed by atoms with van der Waals surface area (Å²) in [7, 11) is 0. The summed E-state index contributed by atoms with van der Waals surface area (Å²) in [6.07, 6.45) is -2.55. The molecule has 2 rings (SSSR count). The van der Waals surface area contributed by atoms with Gasteiger partial charge in [0.2, 0.25) is 0 Å². The fourth-order valence-corrected chi connectivity index (χ4v) is 2.36. The second-order valence-electron chi connectivity index (χ2n) is 5.03. The molecule has 0 spiro atoms. The van der Waals surface area contributed by atoms with Crippen LogP contribution >= 0.6 is 0 Å². The van der Waals surface area contributed by atoms with E-state index in [1.165, 1.54) is 12.1 Å². The summed E-state index contributed by atoms with van der Waals surface area (Å²) in [4.78, 5) is 11.4. The van der Waals surface area contributed by atoms with Crippen LogP contribution in [-0.4, -0.2) is 12.6 Å². The van der Waals surface area contributed by atoms with Gasteiger partial charge >= 0.3 is 12.1 Å². The molecule has 0 radical (unpaired) electrons. The van der Waals surface area contributed by atoms with Crippen molar-refractivity contribution in [3.05, 3.63) is 47.0 Å². The number of halogens is 3. The standard InChI is InChI=1S/C16H14F3NO2/c1-2-22-15(21)7-11(9-20)14-8-13(14)10-3-5-12(6-4-10)16(17,18)19/h3-7,13-14H,2,8H2,1H3/b11-7-/t13-,14-/m0/s1. The number of allylic oxidation sites excluding steroid dienone is 1. The number of carbonyl (C=O) groups excluding carboxylic acids is 1. The van der Waals surface area contributed by atoms with E-state index in [0.717, 1.165) is 23.8 Å². The number of benzene rings is 1. The third-order valence-corrected chi connectivity index (χ3v) is 3.55. The van der Waals surface area contributed by atoms with Crippen LogP contribution in [0.1, 0.15) is 30.4 Å². The zero-order valence-electron chi connectivity index (χ0n) is 11.9. The molecule has 6 heteroatoms. The third kappa shape index (κ3) is 3.67. The largest absolute Gasteiger partial charge is 0.463 e. The van der Waals surface area contributed by atoms with Gasteiger partial charge in [-0.3, -0.25) is 0 Å². The Balaban J connectivity index is 2.08. The van der Waals surface area contributed by atoms with Gasteiger partial charge in [0.15, 0.2) is 0 Å². The fraction of sp³-hybridized carbons (Fsp3) is 0.375. The van der Waals surface area contributed by atoms with E-state index >= 15 is 0 Å². The molecule has 0 heterocycles. The lowest BCUT2D eigenvalue weighted by Crippen LogP contribution is -2.04. The first-order chi connectivity index (χ1) is 10.4. The Morgan fingerprint density at radius 3 is 2.55 bits per heavy atom. The Labute approximate surface area is 126 Å². The van der Waals surface area contributed by atoms with Crippen molar-refractivity contribution in [3.63, 3.8) is 0 Å². The zero-order valence-corrected chi connectivity index (χ0v) is 11.9. The first kappa shape index (κ1) is 16.1. The van der Waals surface area contributed by atoms with Crippen molar-refractivity contribution in [2.75, 3.05) is 6.61 Å². The van der Waals surface area contributed by atoms with Gasteiger partial charge in [-0.25, -0.2) is 4.79 Å². The van der Waals surface area contributed by atoms with Gasteiger partial charge in [-0.15, -0.1) is 0 Å². The zero-order chi connectivity index (χ0) is 16.3. The predicted molar refractivity (Wildman–Crippen MR) is 72.6 cm³/mol. The molecule has 2 atom stereocenters. The van der Waals surface area contributed by atoms with Crippen molar-refractivity contribution in [1.82, 2.24) is 0 Å². The van der Waals surface area contributed by atoms with E-state index in [1.54, 1.807) is 6.92 Å². The summed E-state index contributed by atoms with van der Waals surface area (Å²) in [5.74, 6) is -0.731. The highest BCUT2D eigenvalue weighted by Gasteiger charge is 2.42. The molecule has 1 aromatic carbocycles. The molecule has 0 bridgehead atoms. The number of nitriles is 1. The number of alkyl halides is 3. The van der Waals surface area contributed by atoms with Crippen molar-refractivity contribution < 1.29 is 22.7 Å². The van der Waals surface area contributed by atoms with E-state index in [-0.39, 0.29) is 18.4 Å². The first-order valence-electron chi connectivity index (χ1n) is 6.82. The van der Waals surface area contributed by atoms with Gasteiger partial charge < -0.3 is 4.74 Å². The van der Waals surface area contributed by atoms with Crippen LogP contribution in [0.5, 0.6) is 0 Å². The lowest BCUT2D eigenvalue weighted by Gasteiger charge is -2.07. The second kappa shape index (κ2) is 6.22. The van der Waals surface area contributed by atoms with Crippen LogP contribution in [0.3, 0.4) is 0 Å². The number of nitrogens with zero attached hydrogens (tertiary/aromatic N) is 1. The molecule has 1 saturated carbocycles. The van der Waals surface area contributed by atoms with Gasteiger partial charge in [0.05, 0.1) is 18.2 Å². The van der Waals surface area contributed by atoms with Gasteiger partial charge in [-0.1, -0.05) is 12.1 Å². The molecule has 1 aromatic rings. The monoisotopic (exact) mass is 309 g/mol. The number of esters is 1. The molecule has 0 unspecified atom stereocenters. The average molecular weight is 309 g/mol. The minimum absolute atomic E-state index is 0.0254. The van der Waals surface area contributed by atoms with Crippen molar-refractivity contribution >= 4 is 5.97 Å². The number of hydrogen-bond acceptors (Lipinski definition) is 3. The van der Waals surface area contributed by atoms with E-state index in [2.05, 4.69) is 0 Å². The smallest absolute Gasteiger partial charge is 0.416 e. The van der Waals surface area contributed by atoms with Gasteiger partial charge in [-0.05, 0) is 37.0 Å². The number of rotatable bonds is 4. The van der Waals surface area contributed by atoms with E-state index < -0.39 is 17.7 Å². The Bertz CT molecular complexity index is 626. The Morgan fingerprint density at radius 2 is 2.05 bits per heavy atom. The molecule has 116 valence electrons. The normalized spacial score (nSPS) is 21.1. The van der Waals surface area contributed by atoms with E-state index in [9.17, 15) is 18.0 Å². The summed E-state index contributed by atoms with van der Waals surface area (Å²) >= 11 is 0. The van der Waals surface area contributed by atoms with Crippen molar-refractivity contribution in [1.29, 1.82) is 5.26 Å². The van der Waals surface area contributed by atoms with E-state index in [0.29, 0.717) is 12.0 Å². The molecule has 1 fully saturated rings. The molecule has 0 saturated heterocycles. The van der Waals surface area contributed by atoms with Crippen molar-refractivity contribution in [3.8, 4) is 6.07 Å². The van der Waals surface area contributed by atoms with Crippen LogP contribution in [0, 0.1) is 17.2 Å². The van der Waals surface area contributed by atoms with Crippen LogP contribution < -0.4 is 0 Å². The maximum Gasteiger partial charge on any atom is 0.416 e. The summed E-state index contributed by atoms with van der Waals surface area (Å²) < 4.78 is 42.3. The topological polar surface area (TPSA) is 50.1 Å². The maximum absolute atomic E-state index is 12.5. The lowest BCUT2D eigenvalue weighted by molar-refractivity contribution is -0.138. The quantitative estimate of drug-likeness (QED) is 0.482. The van der Waals surface area contributed by atoms with Gasteiger partial charge in [-0.2, -0.15) is 18.4 Å². The molecular weight excluding hydrogens is 295 g/mol. The Hall–Kier alpha value is -2.29. The second-order valence-corrected chi connectivity index (χ2v) is 5.03. The van der Waals surface area contributed by atoms with Crippen LogP contribution in [0.2, 0.25) is 0 Å². The van der Waals surface area contributed by atoms with Gasteiger partial charge in [0.25, 0.3) is 0 Å². The van der Waals surface area contributed by atoms with Crippen LogP contribution in [-0.2, 0) is 15.7 Å². The summed E-state index contributed by atoms with van der Waals surface area (Å²) in [5.41, 5.74) is 0.349. The summed E-state index contributed by atoms with van der Waals surface area (Å²) in [5, 5.41) is 9.09. The molecular formula is C16H14F3NO2. The molecule has 1 aliphatic carbocycles. The fourth-order valence-electron chi connectivity index (χ4n) is 2.36. The molecule has 0 N–H and O–H groups in total. The minimum atomic E-state index is -4.36. The molecule has 1 aliphatic rings. The van der Waals surface area contributed by atoms with Crippen molar-refractivity contribution in [2.45, 2.75) is 25.4 Å². The SMILES string of the molecule is CCOC(=O)/C=C(/C#N)[C@@H]1C[C@H]1c1ccc(C(F)(F)F)cc1. The molecule has 0 amide bonds. The lowest BCUT2D eigenvalue weighted by atomic mass is 10.0. The Morgan fingerprint density at radius 1 is 1.41 bits per heavy atom. The molecule has 0 aliphatic heterocycles. The average Bonchev–Trinajstić information content (AvgIpc) is 3.24.